The second kappa shape index (κ2) is 5.45. The van der Waals surface area contributed by atoms with Crippen LogP contribution in [-0.2, 0) is 13.6 Å². The summed E-state index contributed by atoms with van der Waals surface area (Å²) in [6, 6.07) is 0. The molecule has 0 aliphatic heterocycles. The standard InChI is InChI=1S/C9H18N6O/c1-7(9(10)12-16)4-14(2)5-8-6-15(3)13-11-8/h6-7,16H,4-5H2,1-3H3,(H2,10,12). The van der Waals surface area contributed by atoms with Gasteiger partial charge in [-0.05, 0) is 7.05 Å². The minimum Gasteiger partial charge on any atom is -0.409 e. The van der Waals surface area contributed by atoms with Crippen molar-refractivity contribution in [2.75, 3.05) is 13.6 Å². The number of aromatic nitrogens is 3. The fourth-order valence-electron chi connectivity index (χ4n) is 1.47. The molecule has 0 aliphatic carbocycles. The molecule has 90 valence electrons. The number of amidine groups is 1. The van der Waals surface area contributed by atoms with Crippen molar-refractivity contribution in [1.29, 1.82) is 0 Å². The van der Waals surface area contributed by atoms with Gasteiger partial charge in [-0.3, -0.25) is 9.58 Å². The van der Waals surface area contributed by atoms with Crippen LogP contribution in [0.2, 0.25) is 0 Å². The number of hydrogen-bond donors (Lipinski definition) is 2. The Morgan fingerprint density at radius 3 is 2.94 bits per heavy atom. The summed E-state index contributed by atoms with van der Waals surface area (Å²) in [7, 11) is 3.78. The van der Waals surface area contributed by atoms with Crippen molar-refractivity contribution in [1.82, 2.24) is 19.9 Å². The summed E-state index contributed by atoms with van der Waals surface area (Å²) < 4.78 is 1.66. The average molecular weight is 226 g/mol. The van der Waals surface area contributed by atoms with Crippen molar-refractivity contribution >= 4 is 5.84 Å². The van der Waals surface area contributed by atoms with Crippen LogP contribution in [0.15, 0.2) is 11.4 Å². The molecule has 1 rings (SSSR count). The maximum absolute atomic E-state index is 8.53. The minimum atomic E-state index is 0.00618. The summed E-state index contributed by atoms with van der Waals surface area (Å²) in [5, 5.41) is 19.4. The van der Waals surface area contributed by atoms with E-state index in [-0.39, 0.29) is 11.8 Å². The summed E-state index contributed by atoms with van der Waals surface area (Å²) >= 11 is 0. The lowest BCUT2D eigenvalue weighted by molar-refractivity contribution is 0.288. The molecule has 0 bridgehead atoms. The molecule has 1 heterocycles. The van der Waals surface area contributed by atoms with Crippen LogP contribution in [-0.4, -0.2) is 44.5 Å². The topological polar surface area (TPSA) is 92.6 Å². The third-order valence-electron chi connectivity index (χ3n) is 2.29. The number of aryl methyl sites for hydroxylation is 1. The minimum absolute atomic E-state index is 0.00618. The van der Waals surface area contributed by atoms with Crippen molar-refractivity contribution < 1.29 is 5.21 Å². The van der Waals surface area contributed by atoms with E-state index in [1.807, 2.05) is 32.1 Å². The molecule has 0 amide bonds. The van der Waals surface area contributed by atoms with E-state index < -0.39 is 0 Å². The first-order chi connectivity index (χ1) is 7.52. The number of hydrogen-bond acceptors (Lipinski definition) is 5. The molecule has 16 heavy (non-hydrogen) atoms. The Morgan fingerprint density at radius 1 is 1.75 bits per heavy atom. The quantitative estimate of drug-likeness (QED) is 0.309. The molecular weight excluding hydrogens is 208 g/mol. The second-order valence-electron chi connectivity index (χ2n) is 4.01. The largest absolute Gasteiger partial charge is 0.409 e. The number of nitrogens with zero attached hydrogens (tertiary/aromatic N) is 5. The lowest BCUT2D eigenvalue weighted by Gasteiger charge is -2.19. The molecule has 0 spiro atoms. The zero-order chi connectivity index (χ0) is 12.1. The van der Waals surface area contributed by atoms with Crippen LogP contribution >= 0.6 is 0 Å². The summed E-state index contributed by atoms with van der Waals surface area (Å²) in [5.74, 6) is 0.248. The SMILES string of the molecule is CC(CN(C)Cc1cn(C)nn1)C(N)=NO. The molecule has 0 saturated heterocycles. The van der Waals surface area contributed by atoms with Gasteiger partial charge in [0.2, 0.25) is 0 Å². The first-order valence-corrected chi connectivity index (χ1v) is 5.04. The summed E-state index contributed by atoms with van der Waals surface area (Å²) in [5.41, 5.74) is 6.40. The van der Waals surface area contributed by atoms with Gasteiger partial charge in [0, 0.05) is 32.3 Å². The summed E-state index contributed by atoms with van der Waals surface area (Å²) in [4.78, 5) is 2.05. The highest BCUT2D eigenvalue weighted by Crippen LogP contribution is 2.02. The Balaban J connectivity index is 2.44. The lowest BCUT2D eigenvalue weighted by atomic mass is 10.1. The molecular formula is C9H18N6O. The van der Waals surface area contributed by atoms with Gasteiger partial charge in [0.05, 0.1) is 5.69 Å². The van der Waals surface area contributed by atoms with Crippen molar-refractivity contribution in [3.63, 3.8) is 0 Å². The Kier molecular flexibility index (Phi) is 4.24. The van der Waals surface area contributed by atoms with E-state index in [0.717, 1.165) is 5.69 Å². The van der Waals surface area contributed by atoms with Crippen LogP contribution in [0.1, 0.15) is 12.6 Å². The first-order valence-electron chi connectivity index (χ1n) is 5.04. The highest BCUT2D eigenvalue weighted by molar-refractivity contribution is 5.82. The highest BCUT2D eigenvalue weighted by Gasteiger charge is 2.12. The molecule has 1 aromatic heterocycles. The molecule has 0 aromatic carbocycles. The van der Waals surface area contributed by atoms with Crippen molar-refractivity contribution in [2.45, 2.75) is 13.5 Å². The normalized spacial score (nSPS) is 14.4. The maximum Gasteiger partial charge on any atom is 0.143 e. The van der Waals surface area contributed by atoms with Crippen molar-refractivity contribution in [3.05, 3.63) is 11.9 Å². The van der Waals surface area contributed by atoms with Gasteiger partial charge in [-0.1, -0.05) is 17.3 Å². The van der Waals surface area contributed by atoms with Crippen LogP contribution in [0, 0.1) is 5.92 Å². The van der Waals surface area contributed by atoms with E-state index in [4.69, 9.17) is 10.9 Å². The van der Waals surface area contributed by atoms with Crippen LogP contribution in [0.25, 0.3) is 0 Å². The van der Waals surface area contributed by atoms with Gasteiger partial charge in [-0.2, -0.15) is 0 Å². The Hall–Kier alpha value is -1.63. The Labute approximate surface area is 94.5 Å². The van der Waals surface area contributed by atoms with E-state index in [0.29, 0.717) is 13.1 Å². The van der Waals surface area contributed by atoms with Gasteiger partial charge < -0.3 is 10.9 Å². The van der Waals surface area contributed by atoms with Crippen LogP contribution in [0.4, 0.5) is 0 Å². The molecule has 7 nitrogen and oxygen atoms in total. The third-order valence-corrected chi connectivity index (χ3v) is 2.29. The van der Waals surface area contributed by atoms with Gasteiger partial charge >= 0.3 is 0 Å². The van der Waals surface area contributed by atoms with E-state index >= 15 is 0 Å². The fraction of sp³-hybridized carbons (Fsp3) is 0.667. The Morgan fingerprint density at radius 2 is 2.44 bits per heavy atom. The molecule has 0 aliphatic rings. The van der Waals surface area contributed by atoms with E-state index in [2.05, 4.69) is 15.5 Å². The fourth-order valence-corrected chi connectivity index (χ4v) is 1.47. The van der Waals surface area contributed by atoms with Gasteiger partial charge in [-0.15, -0.1) is 5.10 Å². The van der Waals surface area contributed by atoms with Crippen molar-refractivity contribution in [3.8, 4) is 0 Å². The molecule has 1 unspecified atom stereocenters. The molecule has 0 radical (unpaired) electrons. The van der Waals surface area contributed by atoms with E-state index in [1.165, 1.54) is 0 Å². The first kappa shape index (κ1) is 12.4. The molecule has 0 saturated carbocycles. The van der Waals surface area contributed by atoms with E-state index in [1.54, 1.807) is 4.68 Å². The number of oxime groups is 1. The summed E-state index contributed by atoms with van der Waals surface area (Å²) in [6.45, 7) is 3.30. The molecule has 1 aromatic rings. The highest BCUT2D eigenvalue weighted by atomic mass is 16.4. The van der Waals surface area contributed by atoms with Gasteiger partial charge in [-0.25, -0.2) is 0 Å². The predicted octanol–water partition coefficient (Wildman–Crippen LogP) is -0.371. The molecule has 0 fully saturated rings. The molecule has 3 N–H and O–H groups in total. The zero-order valence-electron chi connectivity index (χ0n) is 9.83. The van der Waals surface area contributed by atoms with Crippen LogP contribution in [0.5, 0.6) is 0 Å². The number of nitrogens with two attached hydrogens (primary N) is 1. The van der Waals surface area contributed by atoms with Crippen LogP contribution < -0.4 is 5.73 Å². The second-order valence-corrected chi connectivity index (χ2v) is 4.01. The smallest absolute Gasteiger partial charge is 0.143 e. The maximum atomic E-state index is 8.53. The van der Waals surface area contributed by atoms with E-state index in [9.17, 15) is 0 Å². The van der Waals surface area contributed by atoms with Crippen molar-refractivity contribution in [2.24, 2.45) is 23.9 Å². The van der Waals surface area contributed by atoms with Gasteiger partial charge in [0.15, 0.2) is 0 Å². The van der Waals surface area contributed by atoms with Gasteiger partial charge in [0.1, 0.15) is 5.84 Å². The molecule has 1 atom stereocenters. The Bertz CT molecular complexity index is 361. The third kappa shape index (κ3) is 3.50. The monoisotopic (exact) mass is 226 g/mol. The lowest BCUT2D eigenvalue weighted by Crippen LogP contribution is -2.32. The predicted molar refractivity (Wildman–Crippen MR) is 59.9 cm³/mol. The average Bonchev–Trinajstić information content (AvgIpc) is 2.62. The molecule has 7 heteroatoms. The van der Waals surface area contributed by atoms with Gasteiger partial charge in [0.25, 0.3) is 0 Å². The number of rotatable bonds is 5. The van der Waals surface area contributed by atoms with Crippen LogP contribution in [0.3, 0.4) is 0 Å². The zero-order valence-corrected chi connectivity index (χ0v) is 9.83. The summed E-state index contributed by atoms with van der Waals surface area (Å²) in [6.07, 6.45) is 1.87.